The fraction of sp³-hybridized carbons (Fsp3) is 0.565. The molecule has 1 unspecified atom stereocenters. The molecule has 0 saturated carbocycles. The van der Waals surface area contributed by atoms with Crippen molar-refractivity contribution in [2.45, 2.75) is 39.2 Å². The van der Waals surface area contributed by atoms with E-state index in [0.717, 1.165) is 25.9 Å². The van der Waals surface area contributed by atoms with E-state index in [-0.39, 0.29) is 12.6 Å². The molecule has 2 heterocycles. The second-order valence-corrected chi connectivity index (χ2v) is 7.69. The third kappa shape index (κ3) is 5.12. The standard InChI is InChI=1S/C23H33N3O5/c1-5-26-19(15-25-10-8-7-9-11-25)20(22(27)31-6-2)21(24-23(26)28)16-12-17(29-3)14-18(13-16)30-4/h12-14,21H,5-11,15H2,1-4H3,(H,24,28). The highest BCUT2D eigenvalue weighted by Gasteiger charge is 2.38. The number of amides is 2. The van der Waals surface area contributed by atoms with E-state index >= 15 is 0 Å². The monoisotopic (exact) mass is 431 g/mol. The first-order chi connectivity index (χ1) is 15.0. The minimum Gasteiger partial charge on any atom is -0.497 e. The lowest BCUT2D eigenvalue weighted by atomic mass is 9.93. The number of esters is 1. The molecular weight excluding hydrogens is 398 g/mol. The zero-order valence-electron chi connectivity index (χ0n) is 18.9. The number of ether oxygens (including phenoxy) is 3. The zero-order chi connectivity index (χ0) is 22.4. The smallest absolute Gasteiger partial charge is 0.338 e. The van der Waals surface area contributed by atoms with Crippen molar-refractivity contribution in [3.8, 4) is 11.5 Å². The summed E-state index contributed by atoms with van der Waals surface area (Å²) in [5, 5.41) is 2.99. The van der Waals surface area contributed by atoms with Crippen molar-refractivity contribution >= 4 is 12.0 Å². The number of urea groups is 1. The second-order valence-electron chi connectivity index (χ2n) is 7.69. The molecule has 170 valence electrons. The highest BCUT2D eigenvalue weighted by atomic mass is 16.5. The number of nitrogens with one attached hydrogen (secondary N) is 1. The molecule has 0 aliphatic carbocycles. The first-order valence-corrected chi connectivity index (χ1v) is 11.0. The molecule has 2 aliphatic rings. The van der Waals surface area contributed by atoms with Crippen molar-refractivity contribution in [3.63, 3.8) is 0 Å². The molecule has 1 atom stereocenters. The van der Waals surface area contributed by atoms with Gasteiger partial charge in [-0.2, -0.15) is 0 Å². The number of nitrogens with zero attached hydrogens (tertiary/aromatic N) is 2. The average Bonchev–Trinajstić information content (AvgIpc) is 2.79. The molecular formula is C23H33N3O5. The summed E-state index contributed by atoms with van der Waals surface area (Å²) in [6, 6.07) is 4.50. The summed E-state index contributed by atoms with van der Waals surface area (Å²) in [5.74, 6) is 0.754. The van der Waals surface area contributed by atoms with Crippen LogP contribution in [0.15, 0.2) is 29.5 Å². The van der Waals surface area contributed by atoms with Gasteiger partial charge < -0.3 is 19.5 Å². The van der Waals surface area contributed by atoms with E-state index in [2.05, 4.69) is 10.2 Å². The molecule has 1 aromatic carbocycles. The highest BCUT2D eigenvalue weighted by Crippen LogP contribution is 2.35. The van der Waals surface area contributed by atoms with E-state index in [1.807, 2.05) is 19.1 Å². The number of piperidine rings is 1. The second kappa shape index (κ2) is 10.5. The SMILES string of the molecule is CCOC(=O)C1=C(CN2CCCCC2)N(CC)C(=O)NC1c1cc(OC)cc(OC)c1. The van der Waals surface area contributed by atoms with Gasteiger partial charge >= 0.3 is 12.0 Å². The summed E-state index contributed by atoms with van der Waals surface area (Å²) in [4.78, 5) is 30.2. The van der Waals surface area contributed by atoms with E-state index in [1.54, 1.807) is 32.1 Å². The van der Waals surface area contributed by atoms with Gasteiger partial charge in [-0.15, -0.1) is 0 Å². The van der Waals surface area contributed by atoms with Crippen LogP contribution in [0.1, 0.15) is 44.7 Å². The van der Waals surface area contributed by atoms with Gasteiger partial charge in [0, 0.05) is 24.9 Å². The van der Waals surface area contributed by atoms with Crippen LogP contribution >= 0.6 is 0 Å². The third-order valence-electron chi connectivity index (χ3n) is 5.78. The first kappa shape index (κ1) is 22.9. The van der Waals surface area contributed by atoms with Crippen LogP contribution in [-0.4, -0.2) is 68.8 Å². The number of methoxy groups -OCH3 is 2. The Morgan fingerprint density at radius 3 is 2.26 bits per heavy atom. The van der Waals surface area contributed by atoms with Gasteiger partial charge in [0.05, 0.1) is 32.4 Å². The van der Waals surface area contributed by atoms with Crippen molar-refractivity contribution < 1.29 is 23.8 Å². The quantitative estimate of drug-likeness (QED) is 0.637. The number of hydrogen-bond donors (Lipinski definition) is 1. The predicted octanol–water partition coefficient (Wildman–Crippen LogP) is 3.09. The van der Waals surface area contributed by atoms with Crippen LogP contribution in [0.5, 0.6) is 11.5 Å². The molecule has 0 radical (unpaired) electrons. The number of carbonyl (C=O) groups excluding carboxylic acids is 2. The lowest BCUT2D eigenvalue weighted by Crippen LogP contribution is -2.51. The van der Waals surface area contributed by atoms with E-state index in [9.17, 15) is 9.59 Å². The Balaban J connectivity index is 2.12. The molecule has 8 nitrogen and oxygen atoms in total. The Morgan fingerprint density at radius 1 is 1.06 bits per heavy atom. The summed E-state index contributed by atoms with van der Waals surface area (Å²) < 4.78 is 16.2. The van der Waals surface area contributed by atoms with Crippen LogP contribution < -0.4 is 14.8 Å². The molecule has 0 spiro atoms. The molecule has 1 saturated heterocycles. The maximum Gasteiger partial charge on any atom is 0.338 e. The van der Waals surface area contributed by atoms with Crippen molar-refractivity contribution in [1.29, 1.82) is 0 Å². The number of carbonyl (C=O) groups is 2. The lowest BCUT2D eigenvalue weighted by Gasteiger charge is -2.39. The molecule has 3 rings (SSSR count). The molecule has 31 heavy (non-hydrogen) atoms. The number of likely N-dealkylation sites (N-methyl/N-ethyl adjacent to an activating group) is 1. The summed E-state index contributed by atoms with van der Waals surface area (Å²) in [6.45, 7) is 6.86. The molecule has 2 amide bonds. The van der Waals surface area contributed by atoms with Crippen molar-refractivity contribution in [3.05, 3.63) is 35.0 Å². The zero-order valence-corrected chi connectivity index (χ0v) is 18.9. The third-order valence-corrected chi connectivity index (χ3v) is 5.78. The van der Waals surface area contributed by atoms with E-state index in [1.165, 1.54) is 6.42 Å². The fourth-order valence-electron chi connectivity index (χ4n) is 4.23. The average molecular weight is 432 g/mol. The summed E-state index contributed by atoms with van der Waals surface area (Å²) in [5.41, 5.74) is 1.88. The number of hydrogen-bond acceptors (Lipinski definition) is 6. The Labute approximate surface area is 184 Å². The van der Waals surface area contributed by atoms with Gasteiger partial charge in [0.25, 0.3) is 0 Å². The number of benzene rings is 1. The normalized spacial score (nSPS) is 19.8. The van der Waals surface area contributed by atoms with E-state index in [0.29, 0.717) is 41.4 Å². The Morgan fingerprint density at radius 2 is 1.71 bits per heavy atom. The maximum atomic E-state index is 13.2. The molecule has 0 aromatic heterocycles. The van der Waals surface area contributed by atoms with Gasteiger partial charge in [-0.3, -0.25) is 9.80 Å². The van der Waals surface area contributed by atoms with Crippen molar-refractivity contribution in [1.82, 2.24) is 15.1 Å². The van der Waals surface area contributed by atoms with Gasteiger partial charge in [-0.25, -0.2) is 9.59 Å². The Kier molecular flexibility index (Phi) is 7.79. The van der Waals surface area contributed by atoms with Gasteiger partial charge in [-0.05, 0) is 57.5 Å². The highest BCUT2D eigenvalue weighted by molar-refractivity contribution is 5.95. The van der Waals surface area contributed by atoms with Crippen LogP contribution in [0.4, 0.5) is 4.79 Å². The van der Waals surface area contributed by atoms with Gasteiger partial charge in [0.2, 0.25) is 0 Å². The van der Waals surface area contributed by atoms with Crippen molar-refractivity contribution in [2.24, 2.45) is 0 Å². The predicted molar refractivity (Wildman–Crippen MR) is 117 cm³/mol. The largest absolute Gasteiger partial charge is 0.497 e. The molecule has 1 aromatic rings. The molecule has 8 heteroatoms. The molecule has 0 bridgehead atoms. The first-order valence-electron chi connectivity index (χ1n) is 11.0. The maximum absolute atomic E-state index is 13.2. The summed E-state index contributed by atoms with van der Waals surface area (Å²) in [7, 11) is 3.14. The van der Waals surface area contributed by atoms with Crippen LogP contribution in [-0.2, 0) is 9.53 Å². The van der Waals surface area contributed by atoms with E-state index in [4.69, 9.17) is 14.2 Å². The Hall–Kier alpha value is -2.74. The molecule has 2 aliphatic heterocycles. The van der Waals surface area contributed by atoms with E-state index < -0.39 is 12.0 Å². The minimum absolute atomic E-state index is 0.227. The van der Waals surface area contributed by atoms with Gasteiger partial charge in [0.15, 0.2) is 0 Å². The topological polar surface area (TPSA) is 80.3 Å². The molecule has 1 fully saturated rings. The van der Waals surface area contributed by atoms with Crippen LogP contribution in [0.25, 0.3) is 0 Å². The molecule has 1 N–H and O–H groups in total. The number of rotatable bonds is 8. The van der Waals surface area contributed by atoms with Crippen LogP contribution in [0, 0.1) is 0 Å². The van der Waals surface area contributed by atoms with Crippen LogP contribution in [0.3, 0.4) is 0 Å². The van der Waals surface area contributed by atoms with Crippen molar-refractivity contribution in [2.75, 3.05) is 47.0 Å². The lowest BCUT2D eigenvalue weighted by molar-refractivity contribution is -0.139. The fourth-order valence-corrected chi connectivity index (χ4v) is 4.23. The summed E-state index contributed by atoms with van der Waals surface area (Å²) >= 11 is 0. The minimum atomic E-state index is -0.654. The van der Waals surface area contributed by atoms with Gasteiger partial charge in [0.1, 0.15) is 11.5 Å². The Bertz CT molecular complexity index is 810. The van der Waals surface area contributed by atoms with Gasteiger partial charge in [-0.1, -0.05) is 6.42 Å². The summed E-state index contributed by atoms with van der Waals surface area (Å²) in [6.07, 6.45) is 3.46. The number of likely N-dealkylation sites (tertiary alicyclic amines) is 1. The van der Waals surface area contributed by atoms with Crippen LogP contribution in [0.2, 0.25) is 0 Å².